The average molecular weight is 379 g/mol. The van der Waals surface area contributed by atoms with Crippen LogP contribution in [0.3, 0.4) is 0 Å². The van der Waals surface area contributed by atoms with E-state index in [1.54, 1.807) is 22.7 Å². The number of para-hydroxylation sites is 2. The lowest BCUT2D eigenvalue weighted by Crippen LogP contribution is -2.26. The van der Waals surface area contributed by atoms with Gasteiger partial charge in [0, 0.05) is 33.4 Å². The van der Waals surface area contributed by atoms with E-state index in [4.69, 9.17) is 0 Å². The van der Waals surface area contributed by atoms with Gasteiger partial charge in [-0.2, -0.15) is 0 Å². The SMILES string of the molecule is O=C1C[C@@H](c2cccs2)CC2=C1[C@H](c1cccs1)Nc1ccccc1N2. The number of allylic oxidation sites excluding steroid dienone is 1. The number of thiophene rings is 2. The Kier molecular flexibility index (Phi) is 3.91. The molecular formula is C21H18N2OS2. The summed E-state index contributed by atoms with van der Waals surface area (Å²) in [6, 6.07) is 16.5. The van der Waals surface area contributed by atoms with Gasteiger partial charge in [0.15, 0.2) is 5.78 Å². The van der Waals surface area contributed by atoms with E-state index in [1.165, 1.54) is 9.75 Å². The van der Waals surface area contributed by atoms with E-state index in [-0.39, 0.29) is 17.7 Å². The van der Waals surface area contributed by atoms with Gasteiger partial charge in [-0.3, -0.25) is 4.79 Å². The highest BCUT2D eigenvalue weighted by molar-refractivity contribution is 7.10. The molecule has 130 valence electrons. The fourth-order valence-electron chi connectivity index (χ4n) is 3.89. The minimum atomic E-state index is -0.0852. The first-order valence-corrected chi connectivity index (χ1v) is 10.5. The van der Waals surface area contributed by atoms with Crippen LogP contribution in [0.4, 0.5) is 11.4 Å². The first-order chi connectivity index (χ1) is 12.8. The Morgan fingerprint density at radius 1 is 0.846 bits per heavy atom. The van der Waals surface area contributed by atoms with Gasteiger partial charge in [0.2, 0.25) is 0 Å². The lowest BCUT2D eigenvalue weighted by Gasteiger charge is -2.28. The molecule has 1 aromatic carbocycles. The van der Waals surface area contributed by atoms with Gasteiger partial charge in [-0.25, -0.2) is 0 Å². The number of rotatable bonds is 2. The molecule has 1 aliphatic carbocycles. The zero-order chi connectivity index (χ0) is 17.5. The second-order valence-corrected chi connectivity index (χ2v) is 8.66. The highest BCUT2D eigenvalue weighted by Crippen LogP contribution is 2.45. The maximum Gasteiger partial charge on any atom is 0.163 e. The Bertz CT molecular complexity index is 973. The van der Waals surface area contributed by atoms with Crippen LogP contribution >= 0.6 is 22.7 Å². The molecule has 2 aromatic heterocycles. The number of carbonyl (C=O) groups excluding carboxylic acids is 1. The molecule has 2 atom stereocenters. The summed E-state index contributed by atoms with van der Waals surface area (Å²) in [5, 5.41) is 11.4. The van der Waals surface area contributed by atoms with Gasteiger partial charge in [-0.05, 0) is 41.4 Å². The summed E-state index contributed by atoms with van der Waals surface area (Å²) in [7, 11) is 0. The molecule has 0 unspecified atom stereocenters. The smallest absolute Gasteiger partial charge is 0.163 e. The van der Waals surface area contributed by atoms with Crippen LogP contribution in [0.25, 0.3) is 0 Å². The number of hydrogen-bond donors (Lipinski definition) is 2. The summed E-state index contributed by atoms with van der Waals surface area (Å²) in [6.07, 6.45) is 1.46. The molecule has 0 saturated carbocycles. The van der Waals surface area contributed by atoms with Crippen LogP contribution in [0.1, 0.15) is 34.6 Å². The number of benzene rings is 1. The van der Waals surface area contributed by atoms with Crippen molar-refractivity contribution in [1.29, 1.82) is 0 Å². The summed E-state index contributed by atoms with van der Waals surface area (Å²) < 4.78 is 0. The Morgan fingerprint density at radius 3 is 2.31 bits per heavy atom. The van der Waals surface area contributed by atoms with E-state index in [0.29, 0.717) is 6.42 Å². The predicted octanol–water partition coefficient (Wildman–Crippen LogP) is 5.79. The number of hydrogen-bond acceptors (Lipinski definition) is 5. The molecule has 2 N–H and O–H groups in total. The predicted molar refractivity (Wildman–Crippen MR) is 109 cm³/mol. The average Bonchev–Trinajstić information content (AvgIpc) is 3.33. The van der Waals surface area contributed by atoms with Crippen LogP contribution in [0.2, 0.25) is 0 Å². The van der Waals surface area contributed by atoms with E-state index in [1.807, 2.05) is 18.2 Å². The van der Waals surface area contributed by atoms with Crippen LogP contribution in [0.15, 0.2) is 70.6 Å². The molecule has 0 spiro atoms. The molecule has 0 amide bonds. The zero-order valence-corrected chi connectivity index (χ0v) is 15.7. The van der Waals surface area contributed by atoms with Crippen LogP contribution in [0, 0.1) is 0 Å². The first kappa shape index (κ1) is 15.9. The Labute approximate surface area is 160 Å². The number of nitrogens with one attached hydrogen (secondary N) is 2. The monoisotopic (exact) mass is 378 g/mol. The first-order valence-electron chi connectivity index (χ1n) is 8.75. The summed E-state index contributed by atoms with van der Waals surface area (Å²) in [5.74, 6) is 0.513. The minimum Gasteiger partial charge on any atom is -0.372 e. The Morgan fingerprint density at radius 2 is 1.58 bits per heavy atom. The molecule has 0 fully saturated rings. The van der Waals surface area contributed by atoms with Crippen LogP contribution in [-0.4, -0.2) is 5.78 Å². The molecule has 3 nitrogen and oxygen atoms in total. The normalized spacial score (nSPS) is 22.1. The summed E-state index contributed by atoms with van der Waals surface area (Å²) >= 11 is 3.44. The van der Waals surface area contributed by atoms with Crippen molar-refractivity contribution in [1.82, 2.24) is 0 Å². The molecule has 2 aliphatic rings. The van der Waals surface area contributed by atoms with Crippen molar-refractivity contribution in [3.05, 3.63) is 80.3 Å². The van der Waals surface area contributed by atoms with E-state index in [2.05, 4.69) is 51.7 Å². The third kappa shape index (κ3) is 2.68. The van der Waals surface area contributed by atoms with Gasteiger partial charge < -0.3 is 10.6 Å². The largest absolute Gasteiger partial charge is 0.372 e. The minimum absolute atomic E-state index is 0.0852. The van der Waals surface area contributed by atoms with Gasteiger partial charge in [-0.15, -0.1) is 22.7 Å². The molecule has 5 rings (SSSR count). The van der Waals surface area contributed by atoms with Crippen LogP contribution < -0.4 is 10.6 Å². The summed E-state index contributed by atoms with van der Waals surface area (Å²) in [5.41, 5.74) is 4.05. The van der Waals surface area contributed by atoms with E-state index < -0.39 is 0 Å². The lowest BCUT2D eigenvalue weighted by atomic mass is 9.82. The van der Waals surface area contributed by atoms with E-state index in [9.17, 15) is 4.79 Å². The van der Waals surface area contributed by atoms with Crippen LogP contribution in [0.5, 0.6) is 0 Å². The van der Waals surface area contributed by atoms with Gasteiger partial charge >= 0.3 is 0 Å². The topological polar surface area (TPSA) is 41.1 Å². The molecule has 3 aromatic rings. The Hall–Kier alpha value is -2.37. The van der Waals surface area contributed by atoms with Crippen LogP contribution in [-0.2, 0) is 4.79 Å². The van der Waals surface area contributed by atoms with E-state index in [0.717, 1.165) is 29.1 Å². The van der Waals surface area contributed by atoms with Gasteiger partial charge in [0.05, 0.1) is 17.4 Å². The van der Waals surface area contributed by atoms with Crippen molar-refractivity contribution >= 4 is 39.8 Å². The molecule has 0 saturated heterocycles. The van der Waals surface area contributed by atoms with Crippen molar-refractivity contribution < 1.29 is 4.79 Å². The lowest BCUT2D eigenvalue weighted by molar-refractivity contribution is -0.116. The molecule has 5 heteroatoms. The molecule has 3 heterocycles. The van der Waals surface area contributed by atoms with Crippen molar-refractivity contribution in [2.24, 2.45) is 0 Å². The fraction of sp³-hybridized carbons (Fsp3) is 0.190. The van der Waals surface area contributed by atoms with Gasteiger partial charge in [0.1, 0.15) is 0 Å². The zero-order valence-electron chi connectivity index (χ0n) is 14.1. The third-order valence-corrected chi connectivity index (χ3v) is 7.05. The fourth-order valence-corrected chi connectivity index (χ4v) is 5.50. The van der Waals surface area contributed by atoms with Crippen molar-refractivity contribution in [3.63, 3.8) is 0 Å². The second-order valence-electron chi connectivity index (χ2n) is 6.70. The number of Topliss-reactive ketones (excluding diaryl/α,β-unsaturated/α-hetero) is 1. The second kappa shape index (κ2) is 6.41. The molecule has 0 bridgehead atoms. The molecule has 1 aliphatic heterocycles. The van der Waals surface area contributed by atoms with Crippen molar-refractivity contribution in [3.8, 4) is 0 Å². The number of anilines is 2. The molecule has 26 heavy (non-hydrogen) atoms. The quantitative estimate of drug-likeness (QED) is 0.593. The summed E-state index contributed by atoms with van der Waals surface area (Å²) in [6.45, 7) is 0. The highest BCUT2D eigenvalue weighted by atomic mass is 32.1. The van der Waals surface area contributed by atoms with Gasteiger partial charge in [0.25, 0.3) is 0 Å². The van der Waals surface area contributed by atoms with Crippen molar-refractivity contribution in [2.45, 2.75) is 24.8 Å². The van der Waals surface area contributed by atoms with E-state index >= 15 is 0 Å². The third-order valence-electron chi connectivity index (χ3n) is 5.08. The molecular weight excluding hydrogens is 360 g/mol. The van der Waals surface area contributed by atoms with Crippen molar-refractivity contribution in [2.75, 3.05) is 10.6 Å². The number of fused-ring (bicyclic) bond motifs is 1. The maximum atomic E-state index is 13.2. The number of carbonyl (C=O) groups is 1. The highest BCUT2D eigenvalue weighted by Gasteiger charge is 2.36. The Balaban J connectivity index is 1.62. The molecule has 0 radical (unpaired) electrons. The maximum absolute atomic E-state index is 13.2. The summed E-state index contributed by atoms with van der Waals surface area (Å²) in [4.78, 5) is 15.7. The number of ketones is 1. The van der Waals surface area contributed by atoms with Gasteiger partial charge in [-0.1, -0.05) is 24.3 Å². The standard InChI is InChI=1S/C21H18N2OS2/c24-17-12-13(18-7-3-9-25-18)11-16-20(17)21(19-8-4-10-26-19)23-15-6-2-1-5-14(15)22-16/h1-10,13,21-23H,11-12H2/t13-,21-/m0/s1.